The van der Waals surface area contributed by atoms with Crippen LogP contribution in [0, 0.1) is 11.8 Å². The van der Waals surface area contributed by atoms with Crippen molar-refractivity contribution >= 4 is 11.9 Å². The van der Waals surface area contributed by atoms with Crippen molar-refractivity contribution < 1.29 is 14.3 Å². The van der Waals surface area contributed by atoms with Gasteiger partial charge in [0.1, 0.15) is 6.54 Å². The summed E-state index contributed by atoms with van der Waals surface area (Å²) in [6, 6.07) is 6.88. The summed E-state index contributed by atoms with van der Waals surface area (Å²) < 4.78 is 4.63. The lowest BCUT2D eigenvalue weighted by Crippen LogP contribution is -2.41. The van der Waals surface area contributed by atoms with Crippen molar-refractivity contribution in [2.75, 3.05) is 20.2 Å². The topological polar surface area (TPSA) is 72.6 Å². The average molecular weight is 288 g/mol. The number of benzene rings is 1. The molecule has 2 N–H and O–H groups in total. The maximum atomic E-state index is 12.6. The first-order valence-corrected chi connectivity index (χ1v) is 6.67. The quantitative estimate of drug-likeness (QED) is 0.663. The highest BCUT2D eigenvalue weighted by Gasteiger charge is 2.23. The van der Waals surface area contributed by atoms with Gasteiger partial charge < -0.3 is 15.4 Å². The minimum atomic E-state index is -0.456. The summed E-state index contributed by atoms with van der Waals surface area (Å²) in [7, 11) is 1.30. The normalized spacial score (nSPS) is 9.76. The van der Waals surface area contributed by atoms with Crippen LogP contribution in [0.3, 0.4) is 0 Å². The number of hydrogen-bond acceptors (Lipinski definition) is 4. The van der Waals surface area contributed by atoms with Crippen LogP contribution in [-0.4, -0.2) is 43.0 Å². The second kappa shape index (κ2) is 8.08. The summed E-state index contributed by atoms with van der Waals surface area (Å²) in [5.41, 5.74) is 6.42. The van der Waals surface area contributed by atoms with Gasteiger partial charge in [0.15, 0.2) is 0 Å². The molecule has 0 unspecified atom stereocenters. The monoisotopic (exact) mass is 288 g/mol. The minimum Gasteiger partial charge on any atom is -0.468 e. The molecule has 1 rings (SSSR count). The van der Waals surface area contributed by atoms with E-state index in [1.807, 2.05) is 13.8 Å². The molecule has 0 aliphatic rings. The molecule has 112 valence electrons. The van der Waals surface area contributed by atoms with Crippen LogP contribution in [0.5, 0.6) is 0 Å². The first-order valence-electron chi connectivity index (χ1n) is 6.67. The Kier molecular flexibility index (Phi) is 6.44. The van der Waals surface area contributed by atoms with Crippen LogP contribution in [0.1, 0.15) is 29.8 Å². The SMILES string of the molecule is COC(=O)CN(C(=O)c1ccccc1C#CCN)C(C)C. The van der Waals surface area contributed by atoms with E-state index in [1.165, 1.54) is 12.0 Å². The van der Waals surface area contributed by atoms with Crippen molar-refractivity contribution in [2.45, 2.75) is 19.9 Å². The molecular weight excluding hydrogens is 268 g/mol. The molecule has 0 radical (unpaired) electrons. The minimum absolute atomic E-state index is 0.0916. The molecule has 0 aromatic heterocycles. The van der Waals surface area contributed by atoms with Gasteiger partial charge >= 0.3 is 5.97 Å². The third kappa shape index (κ3) is 4.62. The van der Waals surface area contributed by atoms with Crippen molar-refractivity contribution in [3.05, 3.63) is 35.4 Å². The fourth-order valence-corrected chi connectivity index (χ4v) is 1.77. The number of esters is 1. The summed E-state index contributed by atoms with van der Waals surface area (Å²) in [5, 5.41) is 0. The van der Waals surface area contributed by atoms with Crippen LogP contribution >= 0.6 is 0 Å². The third-order valence-corrected chi connectivity index (χ3v) is 2.89. The van der Waals surface area contributed by atoms with Gasteiger partial charge in [-0.05, 0) is 26.0 Å². The molecule has 0 aliphatic carbocycles. The molecule has 1 amide bonds. The predicted molar refractivity (Wildman–Crippen MR) is 80.6 cm³/mol. The lowest BCUT2D eigenvalue weighted by Gasteiger charge is -2.26. The number of carbonyl (C=O) groups is 2. The molecule has 0 fully saturated rings. The fraction of sp³-hybridized carbons (Fsp3) is 0.375. The summed E-state index contributed by atoms with van der Waals surface area (Å²) in [4.78, 5) is 25.6. The zero-order valence-electron chi connectivity index (χ0n) is 12.6. The zero-order valence-corrected chi connectivity index (χ0v) is 12.6. The second-order valence-corrected chi connectivity index (χ2v) is 4.65. The Morgan fingerprint density at radius 1 is 1.33 bits per heavy atom. The van der Waals surface area contributed by atoms with Gasteiger partial charge in [-0.25, -0.2) is 0 Å². The summed E-state index contributed by atoms with van der Waals surface area (Å²) in [5.74, 6) is 4.90. The van der Waals surface area contributed by atoms with Crippen LogP contribution in [0.25, 0.3) is 0 Å². The summed E-state index contributed by atoms with van der Waals surface area (Å²) >= 11 is 0. The smallest absolute Gasteiger partial charge is 0.325 e. The number of ether oxygens (including phenoxy) is 1. The number of methoxy groups -OCH3 is 1. The third-order valence-electron chi connectivity index (χ3n) is 2.89. The molecule has 0 saturated carbocycles. The Bertz CT molecular complexity index is 570. The van der Waals surface area contributed by atoms with Crippen molar-refractivity contribution in [3.8, 4) is 11.8 Å². The Morgan fingerprint density at radius 3 is 2.57 bits per heavy atom. The maximum Gasteiger partial charge on any atom is 0.325 e. The number of nitrogens with two attached hydrogens (primary N) is 1. The lowest BCUT2D eigenvalue weighted by atomic mass is 10.1. The molecule has 1 aromatic carbocycles. The van der Waals surface area contributed by atoms with Gasteiger partial charge in [0.05, 0.1) is 19.2 Å². The van der Waals surface area contributed by atoms with Gasteiger partial charge in [-0.1, -0.05) is 24.0 Å². The molecule has 21 heavy (non-hydrogen) atoms. The van der Waals surface area contributed by atoms with Gasteiger partial charge in [-0.15, -0.1) is 0 Å². The van der Waals surface area contributed by atoms with Gasteiger partial charge in [-0.2, -0.15) is 0 Å². The number of rotatable bonds is 4. The Labute approximate surface area is 125 Å². The molecule has 0 aliphatic heterocycles. The maximum absolute atomic E-state index is 12.6. The molecular formula is C16H20N2O3. The number of nitrogens with zero attached hydrogens (tertiary/aromatic N) is 1. The summed E-state index contributed by atoms with van der Waals surface area (Å²) in [6.07, 6.45) is 0. The molecule has 5 heteroatoms. The molecule has 0 saturated heterocycles. The molecule has 0 bridgehead atoms. The van der Waals surface area contributed by atoms with E-state index in [0.29, 0.717) is 11.1 Å². The Morgan fingerprint density at radius 2 is 2.00 bits per heavy atom. The lowest BCUT2D eigenvalue weighted by molar-refractivity contribution is -0.141. The molecule has 1 aromatic rings. The van der Waals surface area contributed by atoms with Gasteiger partial charge in [0.25, 0.3) is 5.91 Å². The first kappa shape index (κ1) is 16.7. The van der Waals surface area contributed by atoms with Crippen molar-refractivity contribution in [2.24, 2.45) is 5.73 Å². The van der Waals surface area contributed by atoms with E-state index in [2.05, 4.69) is 16.6 Å². The number of amides is 1. The van der Waals surface area contributed by atoms with Gasteiger partial charge in [-0.3, -0.25) is 9.59 Å². The van der Waals surface area contributed by atoms with E-state index >= 15 is 0 Å². The standard InChI is InChI=1S/C16H20N2O3/c1-12(2)18(11-15(19)21-3)16(20)14-9-5-4-7-13(14)8-6-10-17/h4-5,7,9,12H,10-11,17H2,1-3H3. The second-order valence-electron chi connectivity index (χ2n) is 4.65. The Balaban J connectivity index is 3.12. The van der Waals surface area contributed by atoms with E-state index in [0.717, 1.165) is 0 Å². The molecule has 5 nitrogen and oxygen atoms in total. The number of hydrogen-bond donors (Lipinski definition) is 1. The van der Waals surface area contributed by atoms with E-state index < -0.39 is 5.97 Å². The van der Waals surface area contributed by atoms with Crippen LogP contribution < -0.4 is 5.73 Å². The molecule has 0 atom stereocenters. The van der Waals surface area contributed by atoms with Crippen LogP contribution in [-0.2, 0) is 9.53 Å². The first-order chi connectivity index (χ1) is 10.0. The van der Waals surface area contributed by atoms with Crippen LogP contribution in [0.4, 0.5) is 0 Å². The summed E-state index contributed by atoms with van der Waals surface area (Å²) in [6.45, 7) is 3.81. The number of carbonyl (C=O) groups excluding carboxylic acids is 2. The highest BCUT2D eigenvalue weighted by molar-refractivity contribution is 5.98. The fourth-order valence-electron chi connectivity index (χ4n) is 1.77. The van der Waals surface area contributed by atoms with Crippen molar-refractivity contribution in [3.63, 3.8) is 0 Å². The highest BCUT2D eigenvalue weighted by Crippen LogP contribution is 2.13. The van der Waals surface area contributed by atoms with Crippen molar-refractivity contribution in [1.29, 1.82) is 0 Å². The molecule has 0 heterocycles. The van der Waals surface area contributed by atoms with E-state index in [1.54, 1.807) is 24.3 Å². The Hall–Kier alpha value is -2.32. The van der Waals surface area contributed by atoms with Crippen LogP contribution in [0.2, 0.25) is 0 Å². The van der Waals surface area contributed by atoms with Crippen molar-refractivity contribution in [1.82, 2.24) is 4.90 Å². The highest BCUT2D eigenvalue weighted by atomic mass is 16.5. The van der Waals surface area contributed by atoms with Gasteiger partial charge in [0, 0.05) is 11.6 Å². The van der Waals surface area contributed by atoms with E-state index in [9.17, 15) is 9.59 Å². The van der Waals surface area contributed by atoms with E-state index in [4.69, 9.17) is 5.73 Å². The predicted octanol–water partition coefficient (Wildman–Crippen LogP) is 1.02. The zero-order chi connectivity index (χ0) is 15.8. The van der Waals surface area contributed by atoms with Gasteiger partial charge in [0.2, 0.25) is 0 Å². The molecule has 0 spiro atoms. The van der Waals surface area contributed by atoms with E-state index in [-0.39, 0.29) is 25.0 Å². The largest absolute Gasteiger partial charge is 0.468 e. The van der Waals surface area contributed by atoms with Crippen LogP contribution in [0.15, 0.2) is 24.3 Å². The average Bonchev–Trinajstić information content (AvgIpc) is 2.49.